The van der Waals surface area contributed by atoms with E-state index < -0.39 is 0 Å². The van der Waals surface area contributed by atoms with Crippen LogP contribution in [-0.2, 0) is 11.2 Å². The van der Waals surface area contributed by atoms with Gasteiger partial charge in [-0.2, -0.15) is 0 Å². The van der Waals surface area contributed by atoms with Crippen molar-refractivity contribution in [2.45, 2.75) is 20.3 Å². The molecule has 0 saturated heterocycles. The predicted molar refractivity (Wildman–Crippen MR) is 80.2 cm³/mol. The average Bonchev–Trinajstić information content (AvgIpc) is 2.37. The standard InChI is InChI=1S/C15H15BrN2O/c1-10-3-5-12(6-4-10)8-15(19)18-14-7-11(2)13(16)9-17-14/h3-7,9H,8H2,1-2H3,(H,17,18,19). The van der Waals surface area contributed by atoms with Crippen LogP contribution in [0.2, 0.25) is 0 Å². The summed E-state index contributed by atoms with van der Waals surface area (Å²) in [5.41, 5.74) is 3.23. The van der Waals surface area contributed by atoms with Crippen LogP contribution in [0.3, 0.4) is 0 Å². The molecule has 1 aromatic heterocycles. The molecule has 4 heteroatoms. The fraction of sp³-hybridized carbons (Fsp3) is 0.200. The summed E-state index contributed by atoms with van der Waals surface area (Å²) in [5, 5.41) is 2.80. The van der Waals surface area contributed by atoms with E-state index in [9.17, 15) is 4.79 Å². The summed E-state index contributed by atoms with van der Waals surface area (Å²) >= 11 is 3.38. The molecule has 0 fully saturated rings. The summed E-state index contributed by atoms with van der Waals surface area (Å²) in [6, 6.07) is 9.79. The lowest BCUT2D eigenvalue weighted by molar-refractivity contribution is -0.115. The topological polar surface area (TPSA) is 42.0 Å². The van der Waals surface area contributed by atoms with Crippen LogP contribution in [-0.4, -0.2) is 10.9 Å². The van der Waals surface area contributed by atoms with Crippen molar-refractivity contribution in [2.75, 3.05) is 5.32 Å². The summed E-state index contributed by atoms with van der Waals surface area (Å²) in [6.07, 6.45) is 2.05. The number of hydrogen-bond donors (Lipinski definition) is 1. The largest absolute Gasteiger partial charge is 0.310 e. The van der Waals surface area contributed by atoms with Gasteiger partial charge in [-0.3, -0.25) is 4.79 Å². The van der Waals surface area contributed by atoms with Gasteiger partial charge in [0.2, 0.25) is 5.91 Å². The molecule has 2 rings (SSSR count). The third kappa shape index (κ3) is 3.89. The first-order valence-electron chi connectivity index (χ1n) is 6.02. The highest BCUT2D eigenvalue weighted by Gasteiger charge is 2.06. The van der Waals surface area contributed by atoms with Gasteiger partial charge in [0.25, 0.3) is 0 Å². The molecule has 0 radical (unpaired) electrons. The molecule has 1 amide bonds. The molecule has 0 unspecified atom stereocenters. The van der Waals surface area contributed by atoms with Gasteiger partial charge in [-0.1, -0.05) is 29.8 Å². The van der Waals surface area contributed by atoms with E-state index >= 15 is 0 Å². The molecule has 0 saturated carbocycles. The van der Waals surface area contributed by atoms with Crippen LogP contribution in [0.1, 0.15) is 16.7 Å². The molecule has 1 heterocycles. The van der Waals surface area contributed by atoms with E-state index in [-0.39, 0.29) is 5.91 Å². The number of halogens is 1. The zero-order valence-electron chi connectivity index (χ0n) is 10.9. The first-order valence-corrected chi connectivity index (χ1v) is 6.81. The van der Waals surface area contributed by atoms with Crippen molar-refractivity contribution in [3.8, 4) is 0 Å². The maximum atomic E-state index is 11.9. The second kappa shape index (κ2) is 5.97. The van der Waals surface area contributed by atoms with Gasteiger partial charge in [0.15, 0.2) is 0 Å². The Hall–Kier alpha value is -1.68. The van der Waals surface area contributed by atoms with Gasteiger partial charge in [-0.15, -0.1) is 0 Å². The van der Waals surface area contributed by atoms with Crippen LogP contribution in [0, 0.1) is 13.8 Å². The van der Waals surface area contributed by atoms with Crippen LogP contribution in [0.25, 0.3) is 0 Å². The Morgan fingerprint density at radius 3 is 2.58 bits per heavy atom. The van der Waals surface area contributed by atoms with Crippen LogP contribution in [0.5, 0.6) is 0 Å². The van der Waals surface area contributed by atoms with Crippen LogP contribution in [0.4, 0.5) is 5.82 Å². The van der Waals surface area contributed by atoms with Gasteiger partial charge >= 0.3 is 0 Å². The van der Waals surface area contributed by atoms with E-state index in [4.69, 9.17) is 0 Å². The number of aryl methyl sites for hydroxylation is 2. The molecule has 2 aromatic rings. The predicted octanol–water partition coefficient (Wildman–Crippen LogP) is 3.64. The van der Waals surface area contributed by atoms with Gasteiger partial charge in [0, 0.05) is 10.7 Å². The Balaban J connectivity index is 2.01. The van der Waals surface area contributed by atoms with E-state index in [1.54, 1.807) is 6.20 Å². The van der Waals surface area contributed by atoms with Crippen LogP contribution >= 0.6 is 15.9 Å². The summed E-state index contributed by atoms with van der Waals surface area (Å²) in [5.74, 6) is 0.524. The Labute approximate surface area is 121 Å². The van der Waals surface area contributed by atoms with Gasteiger partial charge < -0.3 is 5.32 Å². The highest BCUT2D eigenvalue weighted by molar-refractivity contribution is 9.10. The van der Waals surface area contributed by atoms with Gasteiger partial charge in [0.05, 0.1) is 6.42 Å². The number of nitrogens with one attached hydrogen (secondary N) is 1. The first-order chi connectivity index (χ1) is 9.04. The number of amides is 1. The monoisotopic (exact) mass is 318 g/mol. The minimum atomic E-state index is -0.0573. The van der Waals surface area contributed by atoms with Crippen molar-refractivity contribution >= 4 is 27.7 Å². The molecule has 0 aliphatic rings. The normalized spacial score (nSPS) is 10.3. The Morgan fingerprint density at radius 2 is 1.95 bits per heavy atom. The first kappa shape index (κ1) is 13.7. The van der Waals surface area contributed by atoms with E-state index in [0.29, 0.717) is 12.2 Å². The second-order valence-corrected chi connectivity index (χ2v) is 5.38. The van der Waals surface area contributed by atoms with E-state index in [0.717, 1.165) is 15.6 Å². The number of carbonyl (C=O) groups is 1. The summed E-state index contributed by atoms with van der Waals surface area (Å²) in [6.45, 7) is 3.99. The molecular weight excluding hydrogens is 304 g/mol. The molecule has 0 spiro atoms. The van der Waals surface area contributed by atoms with Crippen LogP contribution < -0.4 is 5.32 Å². The average molecular weight is 319 g/mol. The fourth-order valence-electron chi connectivity index (χ4n) is 1.69. The maximum absolute atomic E-state index is 11.9. The smallest absolute Gasteiger partial charge is 0.229 e. The van der Waals surface area contributed by atoms with Crippen molar-refractivity contribution in [3.63, 3.8) is 0 Å². The SMILES string of the molecule is Cc1ccc(CC(=O)Nc2cc(C)c(Br)cn2)cc1. The van der Waals surface area contributed by atoms with Crippen molar-refractivity contribution < 1.29 is 4.79 Å². The molecule has 19 heavy (non-hydrogen) atoms. The third-order valence-electron chi connectivity index (χ3n) is 2.80. The molecule has 0 aliphatic heterocycles. The molecule has 0 atom stereocenters. The van der Waals surface area contributed by atoms with Gasteiger partial charge in [-0.05, 0) is 47.0 Å². The lowest BCUT2D eigenvalue weighted by Crippen LogP contribution is -2.15. The quantitative estimate of drug-likeness (QED) is 0.938. The molecule has 0 aliphatic carbocycles. The lowest BCUT2D eigenvalue weighted by Gasteiger charge is -2.06. The van der Waals surface area contributed by atoms with Crippen LogP contribution in [0.15, 0.2) is 41.0 Å². The molecular formula is C15H15BrN2O. The number of hydrogen-bond acceptors (Lipinski definition) is 2. The Bertz CT molecular complexity index is 594. The number of pyridine rings is 1. The fourth-order valence-corrected chi connectivity index (χ4v) is 1.90. The minimum Gasteiger partial charge on any atom is -0.310 e. The van der Waals surface area contributed by atoms with Gasteiger partial charge in [-0.25, -0.2) is 4.98 Å². The second-order valence-electron chi connectivity index (χ2n) is 4.53. The molecule has 3 nitrogen and oxygen atoms in total. The van der Waals surface area contributed by atoms with Crippen molar-refractivity contribution in [3.05, 3.63) is 57.7 Å². The maximum Gasteiger partial charge on any atom is 0.229 e. The highest BCUT2D eigenvalue weighted by Crippen LogP contribution is 2.17. The van der Waals surface area contributed by atoms with Crippen molar-refractivity contribution in [1.82, 2.24) is 4.98 Å². The lowest BCUT2D eigenvalue weighted by atomic mass is 10.1. The number of benzene rings is 1. The summed E-state index contributed by atoms with van der Waals surface area (Å²) in [7, 11) is 0. The molecule has 98 valence electrons. The van der Waals surface area contributed by atoms with E-state index in [2.05, 4.69) is 26.2 Å². The minimum absolute atomic E-state index is 0.0573. The zero-order chi connectivity index (χ0) is 13.8. The zero-order valence-corrected chi connectivity index (χ0v) is 12.5. The van der Waals surface area contributed by atoms with Crippen molar-refractivity contribution in [2.24, 2.45) is 0 Å². The number of rotatable bonds is 3. The third-order valence-corrected chi connectivity index (χ3v) is 3.63. The van der Waals surface area contributed by atoms with E-state index in [1.165, 1.54) is 5.56 Å². The number of nitrogens with zero attached hydrogens (tertiary/aromatic N) is 1. The van der Waals surface area contributed by atoms with Crippen molar-refractivity contribution in [1.29, 1.82) is 0 Å². The Kier molecular flexibility index (Phi) is 4.32. The molecule has 1 aromatic carbocycles. The molecule has 1 N–H and O–H groups in total. The summed E-state index contributed by atoms with van der Waals surface area (Å²) < 4.78 is 0.934. The number of carbonyl (C=O) groups excluding carboxylic acids is 1. The van der Waals surface area contributed by atoms with Gasteiger partial charge in [0.1, 0.15) is 5.82 Å². The molecule has 0 bridgehead atoms. The highest BCUT2D eigenvalue weighted by atomic mass is 79.9. The number of anilines is 1. The summed E-state index contributed by atoms with van der Waals surface area (Å²) in [4.78, 5) is 16.1. The van der Waals surface area contributed by atoms with E-state index in [1.807, 2.05) is 44.2 Å². The number of aromatic nitrogens is 1. The Morgan fingerprint density at radius 1 is 1.26 bits per heavy atom.